The molecule has 1 amide bonds. The van der Waals surface area contributed by atoms with Crippen LogP contribution in [-0.2, 0) is 4.79 Å². The Morgan fingerprint density at radius 1 is 1.71 bits per heavy atom. The van der Waals surface area contributed by atoms with Crippen molar-refractivity contribution in [3.63, 3.8) is 0 Å². The summed E-state index contributed by atoms with van der Waals surface area (Å²) in [5.41, 5.74) is 4.88. The van der Waals surface area contributed by atoms with Gasteiger partial charge in [-0.1, -0.05) is 12.2 Å². The Morgan fingerprint density at radius 3 is 2.86 bits per heavy atom. The van der Waals surface area contributed by atoms with Gasteiger partial charge in [0.15, 0.2) is 0 Å². The van der Waals surface area contributed by atoms with E-state index in [9.17, 15) is 4.79 Å². The number of aromatic amines is 1. The van der Waals surface area contributed by atoms with Crippen LogP contribution in [0.1, 0.15) is 12.8 Å². The fourth-order valence-electron chi connectivity index (χ4n) is 1.27. The van der Waals surface area contributed by atoms with E-state index in [0.29, 0.717) is 5.95 Å². The van der Waals surface area contributed by atoms with Crippen molar-refractivity contribution in [3.05, 3.63) is 12.4 Å². The molecule has 74 valence electrons. The minimum absolute atomic E-state index is 0.167. The minimum atomic E-state index is -0.623. The molecule has 14 heavy (non-hydrogen) atoms. The Hall–Kier alpha value is -1.43. The molecule has 4 N–H and O–H groups in total. The third-order valence-corrected chi connectivity index (χ3v) is 2.78. The number of hydrogen-bond donors (Lipinski definition) is 3. The summed E-state index contributed by atoms with van der Waals surface area (Å²) in [5, 5.41) is 2.63. The number of carbonyl (C=O) groups is 1. The summed E-state index contributed by atoms with van der Waals surface area (Å²) in [6.45, 7) is 0. The van der Waals surface area contributed by atoms with E-state index in [-0.39, 0.29) is 10.9 Å². The first-order valence-electron chi connectivity index (χ1n) is 4.26. The number of nitrogens with zero attached hydrogens (tertiary/aromatic N) is 1. The van der Waals surface area contributed by atoms with Crippen molar-refractivity contribution in [1.29, 1.82) is 0 Å². The lowest BCUT2D eigenvalue weighted by Gasteiger charge is -2.11. The van der Waals surface area contributed by atoms with Crippen LogP contribution in [0.5, 0.6) is 0 Å². The molecule has 0 saturated heterocycles. The average molecular weight is 210 g/mol. The number of hydrogen-bond acceptors (Lipinski definition) is 3. The van der Waals surface area contributed by atoms with Gasteiger partial charge in [-0.05, 0) is 12.8 Å². The minimum Gasteiger partial charge on any atom is -0.392 e. The quantitative estimate of drug-likeness (QED) is 0.631. The molecular weight excluding hydrogens is 200 g/mol. The van der Waals surface area contributed by atoms with Crippen molar-refractivity contribution >= 4 is 29.1 Å². The maximum absolute atomic E-state index is 11.7. The highest BCUT2D eigenvalue weighted by Crippen LogP contribution is 2.46. The van der Waals surface area contributed by atoms with Crippen molar-refractivity contribution in [2.75, 3.05) is 5.32 Å². The Kier molecular flexibility index (Phi) is 1.99. The maximum atomic E-state index is 11.7. The van der Waals surface area contributed by atoms with Crippen molar-refractivity contribution < 1.29 is 4.79 Å². The van der Waals surface area contributed by atoms with E-state index in [1.807, 2.05) is 0 Å². The van der Waals surface area contributed by atoms with E-state index in [0.717, 1.165) is 12.8 Å². The summed E-state index contributed by atoms with van der Waals surface area (Å²) < 4.78 is 0. The van der Waals surface area contributed by atoms with Crippen LogP contribution in [0, 0.1) is 5.41 Å². The Morgan fingerprint density at radius 2 is 2.43 bits per heavy atom. The molecule has 1 aliphatic carbocycles. The number of amides is 1. The summed E-state index contributed by atoms with van der Waals surface area (Å²) >= 11 is 4.85. The van der Waals surface area contributed by atoms with Crippen molar-refractivity contribution in [3.8, 4) is 0 Å². The molecule has 1 heterocycles. The number of nitrogens with two attached hydrogens (primary N) is 1. The maximum Gasteiger partial charge on any atom is 0.239 e. The first kappa shape index (κ1) is 9.14. The van der Waals surface area contributed by atoms with Gasteiger partial charge in [-0.25, -0.2) is 4.98 Å². The smallest absolute Gasteiger partial charge is 0.239 e. The van der Waals surface area contributed by atoms with Crippen LogP contribution >= 0.6 is 12.2 Å². The third-order valence-electron chi connectivity index (χ3n) is 2.39. The molecule has 0 spiro atoms. The molecular formula is C8H10N4OS. The molecule has 6 heteroatoms. The zero-order chi connectivity index (χ0) is 10.2. The fourth-order valence-corrected chi connectivity index (χ4v) is 1.57. The van der Waals surface area contributed by atoms with Crippen LogP contribution in [0.4, 0.5) is 5.95 Å². The number of imidazole rings is 1. The van der Waals surface area contributed by atoms with Gasteiger partial charge in [-0.3, -0.25) is 10.1 Å². The van der Waals surface area contributed by atoms with Gasteiger partial charge in [0.2, 0.25) is 11.9 Å². The summed E-state index contributed by atoms with van der Waals surface area (Å²) in [6.07, 6.45) is 4.66. The molecule has 0 unspecified atom stereocenters. The van der Waals surface area contributed by atoms with Gasteiger partial charge in [-0.2, -0.15) is 0 Å². The van der Waals surface area contributed by atoms with Gasteiger partial charge in [0.05, 0.1) is 10.4 Å². The van der Waals surface area contributed by atoms with Crippen LogP contribution in [0.25, 0.3) is 0 Å². The van der Waals surface area contributed by atoms with Gasteiger partial charge in [-0.15, -0.1) is 0 Å². The van der Waals surface area contributed by atoms with Crippen LogP contribution in [0.3, 0.4) is 0 Å². The molecule has 2 rings (SSSR count). The van der Waals surface area contributed by atoms with Crippen LogP contribution < -0.4 is 11.1 Å². The highest BCUT2D eigenvalue weighted by Gasteiger charge is 2.52. The van der Waals surface area contributed by atoms with Gasteiger partial charge < -0.3 is 10.7 Å². The highest BCUT2D eigenvalue weighted by molar-refractivity contribution is 7.80. The standard InChI is InChI=1S/C8H10N4OS/c9-5(14)8(1-2-8)6(13)12-7-10-3-4-11-7/h3-4H,1-2H2,(H2,9,14)(H2,10,11,12,13). The first-order valence-corrected chi connectivity index (χ1v) is 4.67. The van der Waals surface area contributed by atoms with Crippen molar-refractivity contribution in [1.82, 2.24) is 9.97 Å². The Labute approximate surface area is 86.1 Å². The molecule has 0 aliphatic heterocycles. The number of nitrogens with one attached hydrogen (secondary N) is 2. The van der Waals surface area contributed by atoms with E-state index >= 15 is 0 Å². The SMILES string of the molecule is NC(=S)C1(C(=O)Nc2ncc[nH]2)CC1. The molecule has 0 radical (unpaired) electrons. The van der Waals surface area contributed by atoms with Gasteiger partial charge in [0.25, 0.3) is 0 Å². The van der Waals surface area contributed by atoms with Gasteiger partial charge in [0.1, 0.15) is 0 Å². The molecule has 1 aromatic heterocycles. The largest absolute Gasteiger partial charge is 0.392 e. The Balaban J connectivity index is 2.07. The second-order valence-corrected chi connectivity index (χ2v) is 3.78. The number of rotatable bonds is 3. The molecule has 1 fully saturated rings. The van der Waals surface area contributed by atoms with Gasteiger partial charge >= 0.3 is 0 Å². The van der Waals surface area contributed by atoms with E-state index in [1.165, 1.54) is 0 Å². The van der Waals surface area contributed by atoms with E-state index < -0.39 is 5.41 Å². The lowest BCUT2D eigenvalue weighted by atomic mass is 10.1. The molecule has 0 atom stereocenters. The van der Waals surface area contributed by atoms with E-state index in [4.69, 9.17) is 18.0 Å². The second kappa shape index (κ2) is 3.06. The first-order chi connectivity index (χ1) is 6.65. The van der Waals surface area contributed by atoms with Crippen LogP contribution in [0.15, 0.2) is 12.4 Å². The summed E-state index contributed by atoms with van der Waals surface area (Å²) in [6, 6.07) is 0. The summed E-state index contributed by atoms with van der Waals surface area (Å²) in [4.78, 5) is 18.6. The highest BCUT2D eigenvalue weighted by atomic mass is 32.1. The topological polar surface area (TPSA) is 83.8 Å². The van der Waals surface area contributed by atoms with Gasteiger partial charge in [0, 0.05) is 12.4 Å². The fraction of sp³-hybridized carbons (Fsp3) is 0.375. The van der Waals surface area contributed by atoms with E-state index in [1.54, 1.807) is 12.4 Å². The summed E-state index contributed by atoms with van der Waals surface area (Å²) in [5.74, 6) is 0.262. The number of aromatic nitrogens is 2. The molecule has 5 nitrogen and oxygen atoms in total. The summed E-state index contributed by atoms with van der Waals surface area (Å²) in [7, 11) is 0. The molecule has 0 bridgehead atoms. The predicted molar refractivity (Wildman–Crippen MR) is 55.7 cm³/mol. The predicted octanol–water partition coefficient (Wildman–Crippen LogP) is 0.414. The zero-order valence-corrected chi connectivity index (χ0v) is 8.23. The normalized spacial score (nSPS) is 17.4. The number of carbonyl (C=O) groups excluding carboxylic acids is 1. The lowest BCUT2D eigenvalue weighted by molar-refractivity contribution is -0.118. The van der Waals surface area contributed by atoms with Crippen molar-refractivity contribution in [2.45, 2.75) is 12.8 Å². The van der Waals surface area contributed by atoms with E-state index in [2.05, 4.69) is 15.3 Å². The molecule has 1 aliphatic rings. The van der Waals surface area contributed by atoms with Crippen LogP contribution in [-0.4, -0.2) is 20.9 Å². The molecule has 1 saturated carbocycles. The van der Waals surface area contributed by atoms with Crippen molar-refractivity contribution in [2.24, 2.45) is 11.1 Å². The number of anilines is 1. The van der Waals surface area contributed by atoms with Crippen LogP contribution in [0.2, 0.25) is 0 Å². The average Bonchev–Trinajstić information content (AvgIpc) is 2.81. The monoisotopic (exact) mass is 210 g/mol. The Bertz CT molecular complexity index is 369. The molecule has 0 aromatic carbocycles. The zero-order valence-electron chi connectivity index (χ0n) is 7.41. The lowest BCUT2D eigenvalue weighted by Crippen LogP contribution is -2.35. The second-order valence-electron chi connectivity index (χ2n) is 3.34. The number of thiocarbonyl (C=S) groups is 1. The number of H-pyrrole nitrogens is 1. The third kappa shape index (κ3) is 1.37. The molecule has 1 aromatic rings.